The van der Waals surface area contributed by atoms with Crippen molar-refractivity contribution in [2.75, 3.05) is 26.8 Å². The van der Waals surface area contributed by atoms with E-state index in [1.807, 2.05) is 0 Å². The number of ether oxygens (including phenoxy) is 1. The summed E-state index contributed by atoms with van der Waals surface area (Å²) in [6.45, 7) is -0.715. The third-order valence-corrected chi connectivity index (χ3v) is 2.56. The molecule has 0 aliphatic carbocycles. The number of nitrogens with zero attached hydrogens (tertiary/aromatic N) is 2. The molecule has 0 aromatic heterocycles. The van der Waals surface area contributed by atoms with Crippen LogP contribution in [-0.4, -0.2) is 53.6 Å². The summed E-state index contributed by atoms with van der Waals surface area (Å²) in [7, 11) is 1.36. The number of nitro benzene ring substituents is 1. The highest BCUT2D eigenvalue weighted by molar-refractivity contribution is 5.99. The SMILES string of the molecule is COCCN(CC(=O)O)C(=O)c1cc(F)ccc1[N+](=O)[O-]. The molecule has 114 valence electrons. The minimum absolute atomic E-state index is 0.0438. The Morgan fingerprint density at radius 1 is 1.48 bits per heavy atom. The number of carboxylic acids is 1. The van der Waals surface area contributed by atoms with Crippen molar-refractivity contribution < 1.29 is 28.7 Å². The molecule has 0 heterocycles. The van der Waals surface area contributed by atoms with Crippen molar-refractivity contribution in [2.24, 2.45) is 0 Å². The van der Waals surface area contributed by atoms with E-state index in [-0.39, 0.29) is 13.2 Å². The number of aliphatic carboxylic acids is 1. The normalized spacial score (nSPS) is 10.2. The third kappa shape index (κ3) is 4.49. The van der Waals surface area contributed by atoms with E-state index in [0.29, 0.717) is 6.07 Å². The van der Waals surface area contributed by atoms with Crippen molar-refractivity contribution in [3.05, 3.63) is 39.7 Å². The lowest BCUT2D eigenvalue weighted by Crippen LogP contribution is -2.38. The molecule has 0 aliphatic rings. The Bertz CT molecular complexity index is 563. The number of hydrogen-bond donors (Lipinski definition) is 1. The number of methoxy groups -OCH3 is 1. The summed E-state index contributed by atoms with van der Waals surface area (Å²) in [5, 5.41) is 19.6. The summed E-state index contributed by atoms with van der Waals surface area (Å²) in [4.78, 5) is 33.8. The van der Waals surface area contributed by atoms with Gasteiger partial charge in [0, 0.05) is 19.7 Å². The second-order valence-corrected chi connectivity index (χ2v) is 4.03. The van der Waals surface area contributed by atoms with Crippen LogP contribution in [0, 0.1) is 15.9 Å². The third-order valence-electron chi connectivity index (χ3n) is 2.56. The van der Waals surface area contributed by atoms with Gasteiger partial charge in [0.25, 0.3) is 11.6 Å². The highest BCUT2D eigenvalue weighted by Crippen LogP contribution is 2.21. The molecule has 8 nitrogen and oxygen atoms in total. The predicted octanol–water partition coefficient (Wildman–Crippen LogP) is 0.907. The zero-order chi connectivity index (χ0) is 16.0. The molecule has 0 atom stereocenters. The predicted molar refractivity (Wildman–Crippen MR) is 68.5 cm³/mol. The molecule has 0 spiro atoms. The van der Waals surface area contributed by atoms with Crippen molar-refractivity contribution >= 4 is 17.6 Å². The average molecular weight is 300 g/mol. The van der Waals surface area contributed by atoms with Gasteiger partial charge in [-0.3, -0.25) is 19.7 Å². The van der Waals surface area contributed by atoms with Crippen LogP contribution in [-0.2, 0) is 9.53 Å². The first-order valence-corrected chi connectivity index (χ1v) is 5.80. The van der Waals surface area contributed by atoms with E-state index in [1.54, 1.807) is 0 Å². The van der Waals surface area contributed by atoms with Gasteiger partial charge in [0.05, 0.1) is 11.5 Å². The number of halogens is 1. The Morgan fingerprint density at radius 2 is 2.14 bits per heavy atom. The van der Waals surface area contributed by atoms with E-state index in [1.165, 1.54) is 7.11 Å². The Hall–Kier alpha value is -2.55. The van der Waals surface area contributed by atoms with E-state index < -0.39 is 40.4 Å². The van der Waals surface area contributed by atoms with E-state index in [9.17, 15) is 24.1 Å². The maximum Gasteiger partial charge on any atom is 0.323 e. The second-order valence-electron chi connectivity index (χ2n) is 4.03. The van der Waals surface area contributed by atoms with Crippen molar-refractivity contribution in [1.29, 1.82) is 0 Å². The van der Waals surface area contributed by atoms with Crippen molar-refractivity contribution in [2.45, 2.75) is 0 Å². The van der Waals surface area contributed by atoms with Crippen molar-refractivity contribution in [1.82, 2.24) is 4.90 Å². The van der Waals surface area contributed by atoms with Gasteiger partial charge in [-0.05, 0) is 12.1 Å². The molecule has 9 heteroatoms. The fraction of sp³-hybridized carbons (Fsp3) is 0.333. The number of rotatable bonds is 7. The van der Waals surface area contributed by atoms with Gasteiger partial charge < -0.3 is 14.7 Å². The number of nitro groups is 1. The van der Waals surface area contributed by atoms with Gasteiger partial charge in [0.15, 0.2) is 0 Å². The maximum absolute atomic E-state index is 13.2. The van der Waals surface area contributed by atoms with Gasteiger partial charge in [0.2, 0.25) is 0 Å². The minimum Gasteiger partial charge on any atom is -0.480 e. The summed E-state index contributed by atoms with van der Waals surface area (Å²) in [5.74, 6) is -3.06. The second kappa shape index (κ2) is 7.29. The Labute approximate surface area is 118 Å². The Morgan fingerprint density at radius 3 is 2.67 bits per heavy atom. The Balaban J connectivity index is 3.15. The molecule has 1 amide bonds. The fourth-order valence-electron chi connectivity index (χ4n) is 1.63. The molecular formula is C12H13FN2O6. The highest BCUT2D eigenvalue weighted by atomic mass is 19.1. The minimum atomic E-state index is -1.29. The van der Waals surface area contributed by atoms with Crippen molar-refractivity contribution in [3.63, 3.8) is 0 Å². The van der Waals surface area contributed by atoms with E-state index in [4.69, 9.17) is 9.84 Å². The van der Waals surface area contributed by atoms with Gasteiger partial charge in [-0.25, -0.2) is 4.39 Å². The van der Waals surface area contributed by atoms with Crippen LogP contribution < -0.4 is 0 Å². The molecule has 21 heavy (non-hydrogen) atoms. The zero-order valence-electron chi connectivity index (χ0n) is 11.1. The lowest BCUT2D eigenvalue weighted by atomic mass is 10.1. The van der Waals surface area contributed by atoms with Crippen LogP contribution in [0.4, 0.5) is 10.1 Å². The molecule has 0 radical (unpaired) electrons. The molecule has 1 rings (SSSR count). The molecular weight excluding hydrogens is 287 g/mol. The number of hydrogen-bond acceptors (Lipinski definition) is 5. The van der Waals surface area contributed by atoms with E-state index >= 15 is 0 Å². The largest absolute Gasteiger partial charge is 0.480 e. The maximum atomic E-state index is 13.2. The quantitative estimate of drug-likeness (QED) is 0.592. The van der Waals surface area contributed by atoms with Crippen LogP contribution in [0.25, 0.3) is 0 Å². The number of carbonyl (C=O) groups excluding carboxylic acids is 1. The summed E-state index contributed by atoms with van der Waals surface area (Å²) < 4.78 is 18.0. The van der Waals surface area contributed by atoms with Crippen molar-refractivity contribution in [3.8, 4) is 0 Å². The topological polar surface area (TPSA) is 110 Å². The number of amides is 1. The Kier molecular flexibility index (Phi) is 5.73. The van der Waals surface area contributed by atoms with Crippen LogP contribution in [0.2, 0.25) is 0 Å². The van der Waals surface area contributed by atoms with Crippen LogP contribution in [0.1, 0.15) is 10.4 Å². The van der Waals surface area contributed by atoms with Gasteiger partial charge in [-0.2, -0.15) is 0 Å². The molecule has 1 aromatic rings. The van der Waals surface area contributed by atoms with Crippen LogP contribution >= 0.6 is 0 Å². The lowest BCUT2D eigenvalue weighted by Gasteiger charge is -2.20. The summed E-state index contributed by atoms with van der Waals surface area (Å²) >= 11 is 0. The van der Waals surface area contributed by atoms with Gasteiger partial charge in [-0.1, -0.05) is 0 Å². The summed E-state index contributed by atoms with van der Waals surface area (Å²) in [6, 6.07) is 2.42. The van der Waals surface area contributed by atoms with Gasteiger partial charge in [0.1, 0.15) is 17.9 Å². The fourth-order valence-corrected chi connectivity index (χ4v) is 1.63. The monoisotopic (exact) mass is 300 g/mol. The van der Waals surface area contributed by atoms with Crippen LogP contribution in [0.15, 0.2) is 18.2 Å². The van der Waals surface area contributed by atoms with E-state index in [2.05, 4.69) is 0 Å². The standard InChI is InChI=1S/C12H13FN2O6/c1-21-5-4-14(7-11(16)17)12(18)9-6-8(13)2-3-10(9)15(19)20/h2-3,6H,4-5,7H2,1H3,(H,16,17). The van der Waals surface area contributed by atoms with Gasteiger partial charge >= 0.3 is 5.97 Å². The number of carboxylic acid groups (broad SMARTS) is 1. The first kappa shape index (κ1) is 16.5. The lowest BCUT2D eigenvalue weighted by molar-refractivity contribution is -0.385. The molecule has 0 unspecified atom stereocenters. The van der Waals surface area contributed by atoms with Gasteiger partial charge in [-0.15, -0.1) is 0 Å². The summed E-state index contributed by atoms with van der Waals surface area (Å²) in [6.07, 6.45) is 0. The number of benzene rings is 1. The first-order chi connectivity index (χ1) is 9.86. The molecule has 0 aliphatic heterocycles. The molecule has 1 N–H and O–H groups in total. The molecule has 0 fully saturated rings. The summed E-state index contributed by atoms with van der Waals surface area (Å²) in [5.41, 5.74) is -1.09. The first-order valence-electron chi connectivity index (χ1n) is 5.80. The molecule has 0 saturated heterocycles. The van der Waals surface area contributed by atoms with Crippen LogP contribution in [0.5, 0.6) is 0 Å². The number of carbonyl (C=O) groups is 2. The molecule has 0 bridgehead atoms. The van der Waals surface area contributed by atoms with E-state index in [0.717, 1.165) is 17.0 Å². The zero-order valence-corrected chi connectivity index (χ0v) is 11.1. The highest BCUT2D eigenvalue weighted by Gasteiger charge is 2.26. The average Bonchev–Trinajstić information content (AvgIpc) is 2.41. The smallest absolute Gasteiger partial charge is 0.323 e. The van der Waals surface area contributed by atoms with Crippen LogP contribution in [0.3, 0.4) is 0 Å². The molecule has 0 saturated carbocycles. The molecule has 1 aromatic carbocycles.